The maximum Gasteiger partial charge on any atom is 0.306 e. The van der Waals surface area contributed by atoms with Gasteiger partial charge in [-0.3, -0.25) is 9.69 Å². The zero-order chi connectivity index (χ0) is 11.7. The molecule has 4 nitrogen and oxygen atoms in total. The fourth-order valence-corrected chi connectivity index (χ4v) is 2.08. The number of methoxy groups -OCH3 is 1. The molecule has 1 rings (SSSR count). The Labute approximate surface area is 91.2 Å². The number of carboxylic acid groups (broad SMARTS) is 1. The van der Waals surface area contributed by atoms with Crippen molar-refractivity contribution in [3.63, 3.8) is 0 Å². The van der Waals surface area contributed by atoms with Crippen LogP contribution in [0, 0.1) is 0 Å². The molecule has 1 atom stereocenters. The van der Waals surface area contributed by atoms with Gasteiger partial charge in [0.1, 0.15) is 0 Å². The summed E-state index contributed by atoms with van der Waals surface area (Å²) in [4.78, 5) is 13.1. The fraction of sp³-hybridized carbons (Fsp3) is 0.909. The van der Waals surface area contributed by atoms with Gasteiger partial charge in [0, 0.05) is 25.7 Å². The van der Waals surface area contributed by atoms with E-state index in [-0.39, 0.29) is 12.0 Å². The van der Waals surface area contributed by atoms with E-state index < -0.39 is 11.6 Å². The molecule has 0 saturated carbocycles. The lowest BCUT2D eigenvalue weighted by molar-refractivity contribution is -0.143. The second-order valence-corrected chi connectivity index (χ2v) is 5.30. The maximum absolute atomic E-state index is 10.8. The first kappa shape index (κ1) is 12.5. The van der Waals surface area contributed by atoms with Crippen LogP contribution in [0.3, 0.4) is 0 Å². The first-order valence-electron chi connectivity index (χ1n) is 5.31. The Morgan fingerprint density at radius 1 is 1.53 bits per heavy atom. The molecule has 1 N–H and O–H groups in total. The van der Waals surface area contributed by atoms with E-state index in [9.17, 15) is 4.79 Å². The van der Waals surface area contributed by atoms with Gasteiger partial charge in [0.2, 0.25) is 0 Å². The second-order valence-electron chi connectivity index (χ2n) is 5.30. The molecule has 0 aliphatic carbocycles. The molecule has 0 bridgehead atoms. The molecule has 1 aliphatic heterocycles. The van der Waals surface area contributed by atoms with Crippen molar-refractivity contribution in [2.24, 2.45) is 0 Å². The third kappa shape index (κ3) is 2.92. The van der Waals surface area contributed by atoms with E-state index >= 15 is 0 Å². The average molecular weight is 215 g/mol. The minimum atomic E-state index is -0.785. The summed E-state index contributed by atoms with van der Waals surface area (Å²) in [6.07, 6.45) is 0.892. The highest BCUT2D eigenvalue weighted by Gasteiger charge is 2.43. The zero-order valence-corrected chi connectivity index (χ0v) is 10.0. The summed E-state index contributed by atoms with van der Waals surface area (Å²) >= 11 is 0. The van der Waals surface area contributed by atoms with E-state index in [4.69, 9.17) is 9.84 Å². The van der Waals surface area contributed by atoms with Gasteiger partial charge in [-0.15, -0.1) is 0 Å². The second kappa shape index (κ2) is 4.10. The monoisotopic (exact) mass is 215 g/mol. The highest BCUT2D eigenvalue weighted by molar-refractivity contribution is 5.68. The molecule has 0 radical (unpaired) electrons. The van der Waals surface area contributed by atoms with Gasteiger partial charge >= 0.3 is 5.97 Å². The van der Waals surface area contributed by atoms with Crippen molar-refractivity contribution in [1.82, 2.24) is 4.90 Å². The number of hydrogen-bond donors (Lipinski definition) is 1. The minimum Gasteiger partial charge on any atom is -0.481 e. The van der Waals surface area contributed by atoms with Crippen molar-refractivity contribution in [2.45, 2.75) is 44.8 Å². The van der Waals surface area contributed by atoms with E-state index in [0.29, 0.717) is 6.54 Å². The Morgan fingerprint density at radius 2 is 2.13 bits per heavy atom. The topological polar surface area (TPSA) is 49.8 Å². The standard InChI is InChI=1S/C11H21NO3/c1-10(2,3)12-6-5-11(8-12,15-4)7-9(13)14/h5-8H2,1-4H3,(H,13,14). The summed E-state index contributed by atoms with van der Waals surface area (Å²) in [5, 5.41) is 8.86. The molecular formula is C11H21NO3. The van der Waals surface area contributed by atoms with Crippen LogP contribution in [0.4, 0.5) is 0 Å². The van der Waals surface area contributed by atoms with Crippen molar-refractivity contribution in [3.8, 4) is 0 Å². The molecular weight excluding hydrogens is 194 g/mol. The van der Waals surface area contributed by atoms with Crippen LogP contribution in [0.5, 0.6) is 0 Å². The van der Waals surface area contributed by atoms with Crippen molar-refractivity contribution < 1.29 is 14.6 Å². The van der Waals surface area contributed by atoms with E-state index in [1.165, 1.54) is 0 Å². The average Bonchev–Trinajstić information content (AvgIpc) is 2.47. The van der Waals surface area contributed by atoms with Gasteiger partial charge in [-0.25, -0.2) is 0 Å². The molecule has 0 spiro atoms. The van der Waals surface area contributed by atoms with E-state index in [1.807, 2.05) is 0 Å². The molecule has 0 amide bonds. The van der Waals surface area contributed by atoms with E-state index in [0.717, 1.165) is 13.0 Å². The molecule has 88 valence electrons. The Morgan fingerprint density at radius 3 is 2.47 bits per heavy atom. The van der Waals surface area contributed by atoms with Crippen LogP contribution >= 0.6 is 0 Å². The van der Waals surface area contributed by atoms with Crippen LogP contribution in [0.15, 0.2) is 0 Å². The number of rotatable bonds is 3. The van der Waals surface area contributed by atoms with Crippen LogP contribution in [-0.4, -0.2) is 47.3 Å². The highest BCUT2D eigenvalue weighted by atomic mass is 16.5. The van der Waals surface area contributed by atoms with Gasteiger partial charge < -0.3 is 9.84 Å². The minimum absolute atomic E-state index is 0.0821. The van der Waals surface area contributed by atoms with Gasteiger partial charge in [-0.2, -0.15) is 0 Å². The Balaban J connectivity index is 2.69. The van der Waals surface area contributed by atoms with Crippen LogP contribution < -0.4 is 0 Å². The number of ether oxygens (including phenoxy) is 1. The molecule has 0 aromatic carbocycles. The number of hydrogen-bond acceptors (Lipinski definition) is 3. The zero-order valence-electron chi connectivity index (χ0n) is 10.0. The van der Waals surface area contributed by atoms with Crippen molar-refractivity contribution in [2.75, 3.05) is 20.2 Å². The maximum atomic E-state index is 10.8. The van der Waals surface area contributed by atoms with Crippen molar-refractivity contribution in [1.29, 1.82) is 0 Å². The van der Waals surface area contributed by atoms with Gasteiger partial charge in [0.05, 0.1) is 12.0 Å². The molecule has 0 aromatic heterocycles. The Hall–Kier alpha value is -0.610. The Kier molecular flexibility index (Phi) is 3.41. The number of aliphatic carboxylic acids is 1. The highest BCUT2D eigenvalue weighted by Crippen LogP contribution is 2.32. The molecule has 1 unspecified atom stereocenters. The van der Waals surface area contributed by atoms with Crippen molar-refractivity contribution >= 4 is 5.97 Å². The SMILES string of the molecule is COC1(CC(=O)O)CCN(C(C)(C)C)C1. The van der Waals surface area contributed by atoms with Gasteiger partial charge in [-0.1, -0.05) is 0 Å². The van der Waals surface area contributed by atoms with E-state index in [2.05, 4.69) is 25.7 Å². The molecule has 1 saturated heterocycles. The quantitative estimate of drug-likeness (QED) is 0.772. The largest absolute Gasteiger partial charge is 0.481 e. The smallest absolute Gasteiger partial charge is 0.306 e. The van der Waals surface area contributed by atoms with Crippen LogP contribution in [0.25, 0.3) is 0 Å². The molecule has 1 aliphatic rings. The Bertz CT molecular complexity index is 247. The summed E-state index contributed by atoms with van der Waals surface area (Å²) in [7, 11) is 1.61. The van der Waals surface area contributed by atoms with E-state index in [1.54, 1.807) is 7.11 Å². The molecule has 4 heteroatoms. The van der Waals surface area contributed by atoms with Crippen LogP contribution in [0.1, 0.15) is 33.6 Å². The lowest BCUT2D eigenvalue weighted by atomic mass is 9.98. The predicted octanol–water partition coefficient (Wildman–Crippen LogP) is 1.35. The van der Waals surface area contributed by atoms with Crippen LogP contribution in [0.2, 0.25) is 0 Å². The number of carboxylic acids is 1. The van der Waals surface area contributed by atoms with Crippen LogP contribution in [-0.2, 0) is 9.53 Å². The summed E-state index contributed by atoms with van der Waals surface area (Å²) in [5.74, 6) is -0.785. The van der Waals surface area contributed by atoms with Crippen molar-refractivity contribution in [3.05, 3.63) is 0 Å². The van der Waals surface area contributed by atoms with Gasteiger partial charge in [-0.05, 0) is 27.2 Å². The van der Waals surface area contributed by atoms with Gasteiger partial charge in [0.25, 0.3) is 0 Å². The first-order chi connectivity index (χ1) is 6.79. The molecule has 15 heavy (non-hydrogen) atoms. The lowest BCUT2D eigenvalue weighted by Crippen LogP contribution is -2.44. The first-order valence-corrected chi connectivity index (χ1v) is 5.31. The fourth-order valence-electron chi connectivity index (χ4n) is 2.08. The molecule has 1 heterocycles. The third-order valence-electron chi connectivity index (χ3n) is 3.17. The summed E-state index contributed by atoms with van der Waals surface area (Å²) < 4.78 is 5.41. The third-order valence-corrected chi connectivity index (χ3v) is 3.17. The predicted molar refractivity (Wildman–Crippen MR) is 57.9 cm³/mol. The summed E-state index contributed by atoms with van der Waals surface area (Å²) in [6.45, 7) is 8.03. The number of nitrogens with zero attached hydrogens (tertiary/aromatic N) is 1. The van der Waals surface area contributed by atoms with Gasteiger partial charge in [0.15, 0.2) is 0 Å². The summed E-state index contributed by atoms with van der Waals surface area (Å²) in [5.41, 5.74) is -0.405. The molecule has 1 fully saturated rings. The normalized spacial score (nSPS) is 28.3. The lowest BCUT2D eigenvalue weighted by Gasteiger charge is -2.34. The summed E-state index contributed by atoms with van der Waals surface area (Å²) in [6, 6.07) is 0. The number of carbonyl (C=O) groups is 1. The molecule has 0 aromatic rings. The number of likely N-dealkylation sites (tertiary alicyclic amines) is 1.